The normalized spacial score (nSPS) is 9.83. The highest BCUT2D eigenvalue weighted by Gasteiger charge is 2.17. The fourth-order valence-electron chi connectivity index (χ4n) is 1.60. The topological polar surface area (TPSA) is 57.0 Å². The summed E-state index contributed by atoms with van der Waals surface area (Å²) in [5.41, 5.74) is 1.09. The molecule has 1 heterocycles. The average molecular weight is 257 g/mol. The maximum atomic E-state index is 12.2. The van der Waals surface area contributed by atoms with Crippen LogP contribution in [0.1, 0.15) is 20.2 Å². The van der Waals surface area contributed by atoms with E-state index in [0.717, 1.165) is 5.01 Å². The Hall–Kier alpha value is -2.19. The summed E-state index contributed by atoms with van der Waals surface area (Å²) in [7, 11) is 1.66. The molecule has 1 aromatic heterocycles. The highest BCUT2D eigenvalue weighted by molar-refractivity contribution is 7.13. The largest absolute Gasteiger partial charge is 0.309 e. The van der Waals surface area contributed by atoms with Crippen LogP contribution in [-0.4, -0.2) is 17.9 Å². The van der Waals surface area contributed by atoms with Crippen molar-refractivity contribution in [2.24, 2.45) is 0 Å². The van der Waals surface area contributed by atoms with Gasteiger partial charge in [0.1, 0.15) is 10.9 Å². The first kappa shape index (κ1) is 12.3. The molecular weight excluding hydrogens is 246 g/mol. The van der Waals surface area contributed by atoms with Crippen molar-refractivity contribution >= 4 is 22.9 Å². The van der Waals surface area contributed by atoms with Crippen LogP contribution in [-0.2, 0) is 0 Å². The molecule has 0 radical (unpaired) electrons. The summed E-state index contributed by atoms with van der Waals surface area (Å²) >= 11 is 1.35. The molecule has 2 rings (SSSR count). The second-order valence-electron chi connectivity index (χ2n) is 3.74. The highest BCUT2D eigenvalue weighted by Crippen LogP contribution is 2.22. The summed E-state index contributed by atoms with van der Waals surface area (Å²) in [6.07, 6.45) is 1.56. The number of carbonyl (C=O) groups excluding carboxylic acids is 1. The fraction of sp³-hybridized carbons (Fsp3) is 0.154. The zero-order chi connectivity index (χ0) is 13.1. The van der Waals surface area contributed by atoms with Gasteiger partial charge in [-0.2, -0.15) is 5.26 Å². The fourth-order valence-corrected chi connectivity index (χ4v) is 2.35. The minimum absolute atomic E-state index is 0.150. The molecule has 4 nitrogen and oxygen atoms in total. The van der Waals surface area contributed by atoms with Crippen molar-refractivity contribution in [3.8, 4) is 6.07 Å². The molecule has 0 saturated heterocycles. The molecule has 0 spiro atoms. The van der Waals surface area contributed by atoms with Crippen LogP contribution in [0, 0.1) is 18.3 Å². The molecule has 1 amide bonds. The quantitative estimate of drug-likeness (QED) is 0.831. The van der Waals surface area contributed by atoms with Crippen molar-refractivity contribution in [3.05, 3.63) is 45.9 Å². The second kappa shape index (κ2) is 4.98. The Morgan fingerprint density at radius 1 is 1.44 bits per heavy atom. The lowest BCUT2D eigenvalue weighted by Crippen LogP contribution is -2.26. The Kier molecular flexibility index (Phi) is 3.40. The lowest BCUT2D eigenvalue weighted by molar-refractivity contribution is 0.0996. The van der Waals surface area contributed by atoms with Gasteiger partial charge in [0.05, 0.1) is 22.5 Å². The number of nitrogens with zero attached hydrogens (tertiary/aromatic N) is 3. The van der Waals surface area contributed by atoms with E-state index >= 15 is 0 Å². The third-order valence-corrected chi connectivity index (χ3v) is 3.42. The molecule has 0 N–H and O–H groups in total. The number of benzene rings is 1. The molecule has 0 bridgehead atoms. The monoisotopic (exact) mass is 257 g/mol. The Balaban J connectivity index is 2.34. The lowest BCUT2D eigenvalue weighted by atomic mass is 10.2. The molecule has 90 valence electrons. The SMILES string of the molecule is Cc1ncc(C(=O)N(C)c2ccccc2C#N)s1. The van der Waals surface area contributed by atoms with E-state index in [4.69, 9.17) is 5.26 Å². The van der Waals surface area contributed by atoms with Gasteiger partial charge < -0.3 is 4.90 Å². The van der Waals surface area contributed by atoms with Gasteiger partial charge in [-0.3, -0.25) is 4.79 Å². The molecule has 18 heavy (non-hydrogen) atoms. The zero-order valence-corrected chi connectivity index (χ0v) is 10.9. The van der Waals surface area contributed by atoms with Gasteiger partial charge in [0.15, 0.2) is 0 Å². The van der Waals surface area contributed by atoms with Gasteiger partial charge in [-0.15, -0.1) is 11.3 Å². The van der Waals surface area contributed by atoms with E-state index in [9.17, 15) is 4.79 Å². The first-order chi connectivity index (χ1) is 8.63. The summed E-state index contributed by atoms with van der Waals surface area (Å²) in [4.78, 5) is 18.3. The van der Waals surface area contributed by atoms with E-state index in [1.165, 1.54) is 16.2 Å². The number of aromatic nitrogens is 1. The number of carbonyl (C=O) groups is 1. The molecule has 0 aliphatic heterocycles. The van der Waals surface area contributed by atoms with Gasteiger partial charge in [-0.25, -0.2) is 4.98 Å². The molecule has 1 aromatic carbocycles. The van der Waals surface area contributed by atoms with Crippen LogP contribution in [0.2, 0.25) is 0 Å². The molecule has 2 aromatic rings. The number of para-hydroxylation sites is 1. The predicted octanol–water partition coefficient (Wildman–Crippen LogP) is 2.60. The van der Waals surface area contributed by atoms with E-state index in [-0.39, 0.29) is 5.91 Å². The summed E-state index contributed by atoms with van der Waals surface area (Å²) in [5.74, 6) is -0.150. The van der Waals surface area contributed by atoms with Crippen LogP contribution >= 0.6 is 11.3 Å². The number of aryl methyl sites for hydroxylation is 1. The van der Waals surface area contributed by atoms with Gasteiger partial charge in [0.2, 0.25) is 0 Å². The molecule has 5 heteroatoms. The minimum Gasteiger partial charge on any atom is -0.309 e. The maximum absolute atomic E-state index is 12.2. The number of amides is 1. The summed E-state index contributed by atoms with van der Waals surface area (Å²) < 4.78 is 0. The van der Waals surface area contributed by atoms with Gasteiger partial charge in [-0.1, -0.05) is 12.1 Å². The average Bonchev–Trinajstić information content (AvgIpc) is 2.83. The third-order valence-electron chi connectivity index (χ3n) is 2.52. The van der Waals surface area contributed by atoms with Gasteiger partial charge in [-0.05, 0) is 19.1 Å². The number of nitriles is 1. The van der Waals surface area contributed by atoms with Gasteiger partial charge in [0.25, 0.3) is 5.91 Å². The number of anilines is 1. The molecule has 0 unspecified atom stereocenters. The van der Waals surface area contributed by atoms with Crippen molar-refractivity contribution in [2.45, 2.75) is 6.92 Å². The number of hydrogen-bond donors (Lipinski definition) is 0. The Bertz CT molecular complexity index is 627. The smallest absolute Gasteiger partial charge is 0.269 e. The standard InChI is InChI=1S/C13H11N3OS/c1-9-15-8-12(18-9)13(17)16(2)11-6-4-3-5-10(11)7-14/h3-6,8H,1-2H3. The lowest BCUT2D eigenvalue weighted by Gasteiger charge is -2.17. The molecule has 0 aliphatic carbocycles. The van der Waals surface area contributed by atoms with Gasteiger partial charge >= 0.3 is 0 Å². The minimum atomic E-state index is -0.150. The Morgan fingerprint density at radius 2 is 2.17 bits per heavy atom. The number of rotatable bonds is 2. The molecule has 0 atom stereocenters. The van der Waals surface area contributed by atoms with Crippen molar-refractivity contribution in [1.29, 1.82) is 5.26 Å². The maximum Gasteiger partial charge on any atom is 0.269 e. The predicted molar refractivity (Wildman–Crippen MR) is 70.7 cm³/mol. The molecule has 0 saturated carbocycles. The molecular formula is C13H11N3OS. The number of hydrogen-bond acceptors (Lipinski definition) is 4. The van der Waals surface area contributed by atoms with Crippen molar-refractivity contribution in [2.75, 3.05) is 11.9 Å². The third kappa shape index (κ3) is 2.24. The van der Waals surface area contributed by atoms with E-state index in [1.54, 1.807) is 37.5 Å². The summed E-state index contributed by atoms with van der Waals surface area (Å²) in [6.45, 7) is 1.85. The molecule has 0 fully saturated rings. The number of thiazole rings is 1. The van der Waals surface area contributed by atoms with E-state index in [0.29, 0.717) is 16.1 Å². The van der Waals surface area contributed by atoms with Crippen molar-refractivity contribution in [1.82, 2.24) is 4.98 Å². The highest BCUT2D eigenvalue weighted by atomic mass is 32.1. The van der Waals surface area contributed by atoms with Crippen LogP contribution in [0.4, 0.5) is 5.69 Å². The van der Waals surface area contributed by atoms with E-state index in [2.05, 4.69) is 11.1 Å². The van der Waals surface area contributed by atoms with Gasteiger partial charge in [0, 0.05) is 7.05 Å². The molecule has 0 aliphatic rings. The van der Waals surface area contributed by atoms with Crippen LogP contribution in [0.25, 0.3) is 0 Å². The first-order valence-corrected chi connectivity index (χ1v) is 6.14. The van der Waals surface area contributed by atoms with E-state index < -0.39 is 0 Å². The first-order valence-electron chi connectivity index (χ1n) is 5.33. The van der Waals surface area contributed by atoms with Crippen LogP contribution in [0.15, 0.2) is 30.5 Å². The van der Waals surface area contributed by atoms with E-state index in [1.807, 2.05) is 6.92 Å². The zero-order valence-electron chi connectivity index (χ0n) is 10.0. The summed E-state index contributed by atoms with van der Waals surface area (Å²) in [6, 6.07) is 9.11. The Labute approximate surface area is 109 Å². The second-order valence-corrected chi connectivity index (χ2v) is 4.97. The Morgan fingerprint density at radius 3 is 2.78 bits per heavy atom. The van der Waals surface area contributed by atoms with Crippen LogP contribution < -0.4 is 4.90 Å². The van der Waals surface area contributed by atoms with Crippen LogP contribution in [0.3, 0.4) is 0 Å². The van der Waals surface area contributed by atoms with Crippen molar-refractivity contribution in [3.63, 3.8) is 0 Å². The van der Waals surface area contributed by atoms with Crippen molar-refractivity contribution < 1.29 is 4.79 Å². The van der Waals surface area contributed by atoms with Crippen LogP contribution in [0.5, 0.6) is 0 Å². The summed E-state index contributed by atoms with van der Waals surface area (Å²) in [5, 5.41) is 9.87.